The minimum Gasteiger partial charge on any atom is -1.00 e. The van der Waals surface area contributed by atoms with E-state index in [2.05, 4.69) is 9.61 Å². The number of hydrogen-bond acceptors (Lipinski definition) is 3. The van der Waals surface area contributed by atoms with Gasteiger partial charge in [-0.1, -0.05) is 4.98 Å². The molecule has 11 heavy (non-hydrogen) atoms. The van der Waals surface area contributed by atoms with Crippen molar-refractivity contribution >= 4 is 8.25 Å². The normalized spacial score (nSPS) is 9.73. The molecule has 1 aromatic rings. The first-order valence-corrected chi connectivity index (χ1v) is 3.58. The van der Waals surface area contributed by atoms with Crippen LogP contribution < -0.4 is 38.9 Å². The Labute approximate surface area is 87.7 Å². The zero-order valence-corrected chi connectivity index (χ0v) is 8.81. The van der Waals surface area contributed by atoms with Gasteiger partial charge >= 0.3 is 44.1 Å². The van der Waals surface area contributed by atoms with Crippen LogP contribution >= 0.6 is 8.25 Å². The van der Waals surface area contributed by atoms with Crippen molar-refractivity contribution in [1.82, 2.24) is 4.98 Å². The molecule has 7 heteroatoms. The number of rotatable bonds is 2. The molecule has 0 aliphatic carbocycles. The fourth-order valence-corrected chi connectivity index (χ4v) is 0.703. The topological polar surface area (TPSA) is 63.3 Å². The van der Waals surface area contributed by atoms with Gasteiger partial charge in [0.1, 0.15) is 12.4 Å². The van der Waals surface area contributed by atoms with Crippen LogP contribution in [0.3, 0.4) is 0 Å². The fraction of sp³-hybridized carbons (Fsp3) is 0. The smallest absolute Gasteiger partial charge is 1.00 e. The van der Waals surface area contributed by atoms with Gasteiger partial charge in [0, 0.05) is 15.4 Å². The molecular weight excluding hydrogens is 178 g/mol. The molecule has 1 heterocycles. The molecule has 0 fully saturated rings. The van der Waals surface area contributed by atoms with Crippen molar-refractivity contribution in [2.45, 2.75) is 0 Å². The van der Waals surface area contributed by atoms with Crippen molar-refractivity contribution < 1.29 is 49.8 Å². The molecule has 0 aliphatic heterocycles. The molecular formula is C4H6N2NaO3P+2. The summed E-state index contributed by atoms with van der Waals surface area (Å²) in [7, 11) is -2.60. The summed E-state index contributed by atoms with van der Waals surface area (Å²) >= 11 is 0. The van der Waals surface area contributed by atoms with E-state index in [1.165, 1.54) is 18.7 Å². The summed E-state index contributed by atoms with van der Waals surface area (Å²) in [6.45, 7) is 0. The van der Waals surface area contributed by atoms with Crippen LogP contribution in [-0.2, 0) is 4.57 Å². The van der Waals surface area contributed by atoms with Crippen LogP contribution in [-0.4, -0.2) is 9.88 Å². The molecule has 0 bridgehead atoms. The number of nitrogens with zero attached hydrogens (tertiary/aromatic N) is 2. The monoisotopic (exact) mass is 184 g/mol. The van der Waals surface area contributed by atoms with E-state index in [9.17, 15) is 4.57 Å². The molecule has 1 aromatic heterocycles. The molecule has 0 aromatic carbocycles. The van der Waals surface area contributed by atoms with Crippen molar-refractivity contribution in [1.29, 1.82) is 0 Å². The second-order valence-corrected chi connectivity index (χ2v) is 2.07. The van der Waals surface area contributed by atoms with E-state index < -0.39 is 8.25 Å². The zero-order chi connectivity index (χ0) is 7.40. The first-order chi connectivity index (χ1) is 4.79. The van der Waals surface area contributed by atoms with Gasteiger partial charge in [-0.25, -0.2) is 0 Å². The van der Waals surface area contributed by atoms with E-state index in [1.807, 2.05) is 0 Å². The maximum atomic E-state index is 10.0. The summed E-state index contributed by atoms with van der Waals surface area (Å²) in [4.78, 5) is 11.9. The predicted octanol–water partition coefficient (Wildman–Crippen LogP) is -3.44. The average Bonchev–Trinajstić information content (AvgIpc) is 1.88. The molecule has 0 spiro atoms. The zero-order valence-electron chi connectivity index (χ0n) is 6.91. The first kappa shape index (κ1) is 10.9. The van der Waals surface area contributed by atoms with Gasteiger partial charge in [-0.15, -0.1) is 4.89 Å². The molecule has 5 nitrogen and oxygen atoms in total. The van der Waals surface area contributed by atoms with Gasteiger partial charge in [0.25, 0.3) is 0 Å². The first-order valence-electron chi connectivity index (χ1n) is 2.45. The van der Waals surface area contributed by atoms with Gasteiger partial charge in [0.05, 0.1) is 0 Å². The fourth-order valence-electron chi connectivity index (χ4n) is 0.445. The molecule has 1 unspecified atom stereocenters. The Bertz CT molecular complexity index is 237. The molecule has 54 valence electrons. The Morgan fingerprint density at radius 1 is 1.73 bits per heavy atom. The van der Waals surface area contributed by atoms with E-state index in [4.69, 9.17) is 4.89 Å². The quantitative estimate of drug-likeness (QED) is 0.295. The van der Waals surface area contributed by atoms with Crippen LogP contribution in [0.25, 0.3) is 0 Å². The van der Waals surface area contributed by atoms with E-state index >= 15 is 0 Å². The Morgan fingerprint density at radius 2 is 2.45 bits per heavy atom. The summed E-state index contributed by atoms with van der Waals surface area (Å²) in [5.74, 6) is 0. The standard InChI is InChI=1S/C4H4N2O3P.Na.H/c7-10(8)9-6-3-1-2-5-4-6;;/h1-4H;;/q2*+1;-1/p+1. The van der Waals surface area contributed by atoms with Crippen LogP contribution in [0.5, 0.6) is 0 Å². The third-order valence-electron chi connectivity index (χ3n) is 0.750. The predicted molar refractivity (Wildman–Crippen MR) is 31.9 cm³/mol. The van der Waals surface area contributed by atoms with Gasteiger partial charge in [-0.2, -0.15) is 0 Å². The molecule has 0 saturated carbocycles. The van der Waals surface area contributed by atoms with Crippen LogP contribution in [0.2, 0.25) is 0 Å². The summed E-state index contributed by atoms with van der Waals surface area (Å²) in [6, 6.07) is 1.58. The third kappa shape index (κ3) is 4.40. The Morgan fingerprint density at radius 3 is 2.91 bits per heavy atom. The van der Waals surface area contributed by atoms with Gasteiger partial charge in [-0.05, 0) is 4.62 Å². The Kier molecular flexibility index (Phi) is 5.54. The second-order valence-electron chi connectivity index (χ2n) is 1.43. The van der Waals surface area contributed by atoms with Crippen molar-refractivity contribution in [2.75, 3.05) is 0 Å². The molecule has 1 atom stereocenters. The SMILES string of the molecule is O=[P+](O)O[n+]1cccnc1.[H-].[Na+]. The third-order valence-corrected chi connectivity index (χ3v) is 1.08. The summed E-state index contributed by atoms with van der Waals surface area (Å²) < 4.78 is 15.4. The van der Waals surface area contributed by atoms with Crippen LogP contribution in [0.1, 0.15) is 1.43 Å². The van der Waals surface area contributed by atoms with Gasteiger partial charge in [0.2, 0.25) is 0 Å². The maximum absolute atomic E-state index is 10.0. The molecule has 0 radical (unpaired) electrons. The Balaban J connectivity index is 0. The summed E-state index contributed by atoms with van der Waals surface area (Å²) in [5.41, 5.74) is 0. The van der Waals surface area contributed by atoms with Crippen molar-refractivity contribution in [3.8, 4) is 0 Å². The minimum atomic E-state index is -2.60. The molecule has 1 N–H and O–H groups in total. The largest absolute Gasteiger partial charge is 1.00 e. The number of aromatic nitrogens is 2. The molecule has 0 saturated heterocycles. The van der Waals surface area contributed by atoms with E-state index in [1.54, 1.807) is 6.07 Å². The van der Waals surface area contributed by atoms with E-state index in [-0.39, 0.29) is 31.0 Å². The van der Waals surface area contributed by atoms with Gasteiger partial charge < -0.3 is 1.43 Å². The number of hydrogen-bond donors (Lipinski definition) is 1. The minimum absolute atomic E-state index is 0. The van der Waals surface area contributed by atoms with Crippen LogP contribution in [0.4, 0.5) is 0 Å². The van der Waals surface area contributed by atoms with Crippen LogP contribution in [0, 0.1) is 0 Å². The maximum Gasteiger partial charge on any atom is 1.00 e. The second kappa shape index (κ2) is 5.57. The van der Waals surface area contributed by atoms with Gasteiger partial charge in [0.15, 0.2) is 0 Å². The van der Waals surface area contributed by atoms with Crippen molar-refractivity contribution in [2.24, 2.45) is 0 Å². The summed E-state index contributed by atoms with van der Waals surface area (Å²) in [5, 5.41) is 0. The molecule has 1 rings (SSSR count). The molecule has 0 amide bonds. The van der Waals surface area contributed by atoms with Crippen LogP contribution in [0.15, 0.2) is 24.8 Å². The van der Waals surface area contributed by atoms with E-state index in [0.717, 1.165) is 4.73 Å². The Hall–Kier alpha value is -0.0600. The van der Waals surface area contributed by atoms with E-state index in [0.29, 0.717) is 0 Å². The van der Waals surface area contributed by atoms with Crippen molar-refractivity contribution in [3.05, 3.63) is 24.8 Å². The summed E-state index contributed by atoms with van der Waals surface area (Å²) in [6.07, 6.45) is 4.28. The molecule has 0 aliphatic rings. The van der Waals surface area contributed by atoms with Gasteiger partial charge in [-0.3, -0.25) is 0 Å². The average molecular weight is 184 g/mol. The van der Waals surface area contributed by atoms with Crippen molar-refractivity contribution in [3.63, 3.8) is 0 Å².